The molecule has 0 bridgehead atoms. The van der Waals surface area contributed by atoms with Crippen molar-refractivity contribution in [2.45, 2.75) is 58.0 Å². The fraction of sp³-hybridized carbons (Fsp3) is 0.846. The minimum Gasteiger partial charge on any atom is -0.480 e. The molecule has 1 rings (SSSR count). The number of hydrogen-bond acceptors (Lipinski definition) is 3. The topological polar surface area (TPSA) is 78.4 Å². The van der Waals surface area contributed by atoms with Crippen molar-refractivity contribution in [2.24, 2.45) is 5.92 Å². The molecular weight excluding hydrogens is 232 g/mol. The van der Waals surface area contributed by atoms with Gasteiger partial charge in [0.1, 0.15) is 6.04 Å². The van der Waals surface area contributed by atoms with Crippen LogP contribution in [0.5, 0.6) is 0 Å². The lowest BCUT2D eigenvalue weighted by Gasteiger charge is -2.19. The van der Waals surface area contributed by atoms with E-state index in [0.717, 1.165) is 32.1 Å². The van der Waals surface area contributed by atoms with Crippen LogP contribution >= 0.6 is 0 Å². The third kappa shape index (κ3) is 5.04. The summed E-state index contributed by atoms with van der Waals surface area (Å²) >= 11 is 0. The molecule has 104 valence electrons. The van der Waals surface area contributed by atoms with E-state index in [2.05, 4.69) is 17.6 Å². The molecule has 1 saturated carbocycles. The second-order valence-electron chi connectivity index (χ2n) is 5.04. The van der Waals surface area contributed by atoms with E-state index in [-0.39, 0.29) is 11.8 Å². The third-order valence-electron chi connectivity index (χ3n) is 3.26. The van der Waals surface area contributed by atoms with Gasteiger partial charge in [-0.25, -0.2) is 0 Å². The van der Waals surface area contributed by atoms with Crippen LogP contribution in [-0.4, -0.2) is 35.6 Å². The number of carbonyl (C=O) groups excluding carboxylic acids is 1. The van der Waals surface area contributed by atoms with Gasteiger partial charge in [-0.3, -0.25) is 14.9 Å². The van der Waals surface area contributed by atoms with Crippen molar-refractivity contribution in [3.63, 3.8) is 0 Å². The molecule has 18 heavy (non-hydrogen) atoms. The SMILES string of the molecule is CCCCCNC(=O)C(C)NC(C(=O)O)C1CC1. The standard InChI is InChI=1S/C13H24N2O3/c1-3-4-5-8-14-12(16)9(2)15-11(13(17)18)10-6-7-10/h9-11,15H,3-8H2,1-2H3,(H,14,16)(H,17,18). The van der Waals surface area contributed by atoms with Crippen molar-refractivity contribution in [1.82, 2.24) is 10.6 Å². The highest BCUT2D eigenvalue weighted by molar-refractivity contribution is 5.82. The van der Waals surface area contributed by atoms with Crippen molar-refractivity contribution < 1.29 is 14.7 Å². The van der Waals surface area contributed by atoms with Gasteiger partial charge in [-0.1, -0.05) is 19.8 Å². The van der Waals surface area contributed by atoms with Crippen LogP contribution in [0.1, 0.15) is 46.0 Å². The zero-order valence-corrected chi connectivity index (χ0v) is 11.2. The van der Waals surface area contributed by atoms with Gasteiger partial charge < -0.3 is 10.4 Å². The molecule has 2 unspecified atom stereocenters. The Labute approximate surface area is 108 Å². The van der Waals surface area contributed by atoms with Crippen LogP contribution in [0.4, 0.5) is 0 Å². The van der Waals surface area contributed by atoms with E-state index < -0.39 is 18.1 Å². The van der Waals surface area contributed by atoms with E-state index in [0.29, 0.717) is 6.54 Å². The molecule has 0 spiro atoms. The largest absolute Gasteiger partial charge is 0.480 e. The predicted molar refractivity (Wildman–Crippen MR) is 69.3 cm³/mol. The van der Waals surface area contributed by atoms with Gasteiger partial charge in [0.25, 0.3) is 0 Å². The molecule has 0 aromatic rings. The maximum Gasteiger partial charge on any atom is 0.321 e. The van der Waals surface area contributed by atoms with Gasteiger partial charge in [-0.2, -0.15) is 0 Å². The Morgan fingerprint density at radius 2 is 2.00 bits per heavy atom. The molecule has 5 nitrogen and oxygen atoms in total. The smallest absolute Gasteiger partial charge is 0.321 e. The molecule has 2 atom stereocenters. The van der Waals surface area contributed by atoms with Crippen molar-refractivity contribution in [3.8, 4) is 0 Å². The highest BCUT2D eigenvalue weighted by Gasteiger charge is 2.37. The summed E-state index contributed by atoms with van der Waals surface area (Å²) in [5.41, 5.74) is 0. The lowest BCUT2D eigenvalue weighted by molar-refractivity contribution is -0.140. The molecule has 1 aliphatic carbocycles. The quantitative estimate of drug-likeness (QED) is 0.540. The Morgan fingerprint density at radius 1 is 1.33 bits per heavy atom. The number of unbranched alkanes of at least 4 members (excludes halogenated alkanes) is 2. The van der Waals surface area contributed by atoms with Gasteiger partial charge in [0.2, 0.25) is 5.91 Å². The van der Waals surface area contributed by atoms with Crippen molar-refractivity contribution >= 4 is 11.9 Å². The third-order valence-corrected chi connectivity index (χ3v) is 3.26. The Balaban J connectivity index is 2.27. The van der Waals surface area contributed by atoms with Gasteiger partial charge in [-0.15, -0.1) is 0 Å². The summed E-state index contributed by atoms with van der Waals surface area (Å²) in [4.78, 5) is 22.8. The Hall–Kier alpha value is -1.10. The molecule has 0 aromatic carbocycles. The summed E-state index contributed by atoms with van der Waals surface area (Å²) in [5.74, 6) is -0.779. The molecule has 1 aliphatic rings. The van der Waals surface area contributed by atoms with Crippen LogP contribution in [-0.2, 0) is 9.59 Å². The van der Waals surface area contributed by atoms with E-state index in [1.807, 2.05) is 0 Å². The fourth-order valence-electron chi connectivity index (χ4n) is 1.92. The lowest BCUT2D eigenvalue weighted by Crippen LogP contribution is -2.50. The number of carboxylic acid groups (broad SMARTS) is 1. The minimum absolute atomic E-state index is 0.113. The molecular formula is C13H24N2O3. The molecule has 3 N–H and O–H groups in total. The summed E-state index contributed by atoms with van der Waals surface area (Å²) in [5, 5.41) is 14.8. The molecule has 5 heteroatoms. The minimum atomic E-state index is -0.858. The van der Waals surface area contributed by atoms with Crippen LogP contribution in [0.15, 0.2) is 0 Å². The molecule has 0 heterocycles. The zero-order valence-electron chi connectivity index (χ0n) is 11.2. The molecule has 0 saturated heterocycles. The average molecular weight is 256 g/mol. The highest BCUT2D eigenvalue weighted by atomic mass is 16.4. The fourth-order valence-corrected chi connectivity index (χ4v) is 1.92. The molecule has 1 fully saturated rings. The number of nitrogens with one attached hydrogen (secondary N) is 2. The van der Waals surface area contributed by atoms with Crippen LogP contribution in [0.25, 0.3) is 0 Å². The lowest BCUT2D eigenvalue weighted by atomic mass is 10.1. The van der Waals surface area contributed by atoms with Crippen molar-refractivity contribution in [3.05, 3.63) is 0 Å². The Morgan fingerprint density at radius 3 is 2.50 bits per heavy atom. The molecule has 1 amide bonds. The number of hydrogen-bond donors (Lipinski definition) is 3. The van der Waals surface area contributed by atoms with E-state index >= 15 is 0 Å². The van der Waals surface area contributed by atoms with E-state index in [1.165, 1.54) is 0 Å². The van der Waals surface area contributed by atoms with Crippen LogP contribution in [0.3, 0.4) is 0 Å². The van der Waals surface area contributed by atoms with Gasteiger partial charge in [-0.05, 0) is 32.1 Å². The highest BCUT2D eigenvalue weighted by Crippen LogP contribution is 2.32. The Kier molecular flexibility index (Phi) is 6.12. The van der Waals surface area contributed by atoms with Crippen molar-refractivity contribution in [2.75, 3.05) is 6.54 Å². The normalized spacial score (nSPS) is 18.1. The van der Waals surface area contributed by atoms with E-state index in [9.17, 15) is 9.59 Å². The summed E-state index contributed by atoms with van der Waals surface area (Å²) in [6, 6.07) is -1.03. The van der Waals surface area contributed by atoms with Gasteiger partial charge in [0.15, 0.2) is 0 Å². The number of amides is 1. The molecule has 0 aliphatic heterocycles. The number of carboxylic acids is 1. The molecule has 0 aromatic heterocycles. The number of carbonyl (C=O) groups is 2. The van der Waals surface area contributed by atoms with Crippen LogP contribution < -0.4 is 10.6 Å². The first kappa shape index (κ1) is 15.0. The first-order chi connectivity index (χ1) is 8.56. The summed E-state index contributed by atoms with van der Waals surface area (Å²) in [7, 11) is 0. The predicted octanol–water partition coefficient (Wildman–Crippen LogP) is 1.13. The second-order valence-corrected chi connectivity index (χ2v) is 5.04. The summed E-state index contributed by atoms with van der Waals surface area (Å²) in [6.45, 7) is 4.49. The number of rotatable bonds is 9. The monoisotopic (exact) mass is 256 g/mol. The zero-order chi connectivity index (χ0) is 13.5. The maximum absolute atomic E-state index is 11.7. The summed E-state index contributed by atoms with van der Waals surface area (Å²) < 4.78 is 0. The van der Waals surface area contributed by atoms with Crippen molar-refractivity contribution in [1.29, 1.82) is 0 Å². The first-order valence-electron chi connectivity index (χ1n) is 6.82. The Bertz CT molecular complexity index is 290. The molecule has 0 radical (unpaired) electrons. The number of aliphatic carboxylic acids is 1. The summed E-state index contributed by atoms with van der Waals surface area (Å²) in [6.07, 6.45) is 5.07. The van der Waals surface area contributed by atoms with E-state index in [4.69, 9.17) is 5.11 Å². The van der Waals surface area contributed by atoms with E-state index in [1.54, 1.807) is 6.92 Å². The maximum atomic E-state index is 11.7. The van der Waals surface area contributed by atoms with Crippen LogP contribution in [0, 0.1) is 5.92 Å². The first-order valence-corrected chi connectivity index (χ1v) is 6.82. The second kappa shape index (κ2) is 7.36. The van der Waals surface area contributed by atoms with Gasteiger partial charge >= 0.3 is 5.97 Å². The average Bonchev–Trinajstić information content (AvgIpc) is 3.14. The van der Waals surface area contributed by atoms with Gasteiger partial charge in [0, 0.05) is 6.54 Å². The van der Waals surface area contributed by atoms with Crippen LogP contribution in [0.2, 0.25) is 0 Å². The van der Waals surface area contributed by atoms with Gasteiger partial charge in [0.05, 0.1) is 6.04 Å².